The molecule has 1 aromatic carbocycles. The predicted octanol–water partition coefficient (Wildman–Crippen LogP) is 3.52. The molecule has 78 valence electrons. The highest BCUT2D eigenvalue weighted by atomic mass is 19.3. The number of rotatable bonds is 3. The molecule has 0 fully saturated rings. The molecule has 0 bridgehead atoms. The number of hydrogen-bond acceptors (Lipinski definition) is 0. The van der Waals surface area contributed by atoms with Crippen LogP contribution in [0.1, 0.15) is 12.5 Å². The van der Waals surface area contributed by atoms with E-state index in [4.69, 9.17) is 0 Å². The van der Waals surface area contributed by atoms with E-state index in [-0.39, 0.29) is 12.5 Å². The summed E-state index contributed by atoms with van der Waals surface area (Å²) in [7, 11) is 0. The zero-order valence-electron chi connectivity index (χ0n) is 7.61. The van der Waals surface area contributed by atoms with Crippen molar-refractivity contribution in [2.24, 2.45) is 0 Å². The fourth-order valence-electron chi connectivity index (χ4n) is 1.01. The minimum Gasteiger partial charge on any atom is -0.200 e. The first-order valence-corrected chi connectivity index (χ1v) is 4.12. The lowest BCUT2D eigenvalue weighted by Crippen LogP contribution is -2.39. The molecule has 0 N–H and O–H groups in total. The van der Waals surface area contributed by atoms with Gasteiger partial charge in [0.25, 0.3) is 0 Å². The van der Waals surface area contributed by atoms with Gasteiger partial charge in [0, 0.05) is 13.3 Å². The highest BCUT2D eigenvalue weighted by Crippen LogP contribution is 2.36. The summed E-state index contributed by atoms with van der Waals surface area (Å²) in [5, 5.41) is 0. The first kappa shape index (κ1) is 11.0. The Bertz CT molecular complexity index is 287. The summed E-state index contributed by atoms with van der Waals surface area (Å²) in [5.74, 6) is -7.98. The maximum Gasteiger partial charge on any atom is 0.313 e. The topological polar surface area (TPSA) is 0 Å². The van der Waals surface area contributed by atoms with Gasteiger partial charge >= 0.3 is 11.8 Å². The Balaban J connectivity index is 2.79. The van der Waals surface area contributed by atoms with Crippen molar-refractivity contribution in [3.05, 3.63) is 35.9 Å². The quantitative estimate of drug-likeness (QED) is 0.664. The van der Waals surface area contributed by atoms with Crippen LogP contribution in [0, 0.1) is 0 Å². The first-order valence-electron chi connectivity index (χ1n) is 4.12. The molecule has 1 aromatic rings. The molecule has 0 aliphatic carbocycles. The Morgan fingerprint density at radius 1 is 1.00 bits per heavy atom. The summed E-state index contributed by atoms with van der Waals surface area (Å²) in [6, 6.07) is 7.53. The molecule has 0 nitrogen and oxygen atoms in total. The van der Waals surface area contributed by atoms with E-state index in [1.54, 1.807) is 18.2 Å². The van der Waals surface area contributed by atoms with Crippen molar-refractivity contribution in [1.82, 2.24) is 0 Å². The van der Waals surface area contributed by atoms with Crippen molar-refractivity contribution in [3.63, 3.8) is 0 Å². The Morgan fingerprint density at radius 2 is 1.50 bits per heavy atom. The molecular formula is C10H10F4. The van der Waals surface area contributed by atoms with Gasteiger partial charge in [-0.25, -0.2) is 8.78 Å². The summed E-state index contributed by atoms with van der Waals surface area (Å²) in [6.45, 7) is 0.232. The monoisotopic (exact) mass is 206 g/mol. The van der Waals surface area contributed by atoms with Crippen molar-refractivity contribution in [3.8, 4) is 0 Å². The summed E-state index contributed by atoms with van der Waals surface area (Å²) >= 11 is 0. The summed E-state index contributed by atoms with van der Waals surface area (Å²) in [5.41, 5.74) is 0.207. The van der Waals surface area contributed by atoms with Crippen LogP contribution in [0.15, 0.2) is 30.3 Å². The van der Waals surface area contributed by atoms with Gasteiger partial charge in [-0.05, 0) is 5.56 Å². The van der Waals surface area contributed by atoms with Crippen LogP contribution >= 0.6 is 0 Å². The Morgan fingerprint density at radius 3 is 1.93 bits per heavy atom. The maximum atomic E-state index is 12.9. The van der Waals surface area contributed by atoms with E-state index in [9.17, 15) is 17.6 Å². The number of benzene rings is 1. The summed E-state index contributed by atoms with van der Waals surface area (Å²) < 4.78 is 50.6. The minimum atomic E-state index is -3.99. The summed E-state index contributed by atoms with van der Waals surface area (Å²) in [4.78, 5) is 0. The maximum absolute atomic E-state index is 12.9. The Hall–Kier alpha value is -1.06. The standard InChI is InChI=1S/C10H10F4/c1-9(11,12)10(13,14)7-8-5-3-2-4-6-8/h2-6H,7H2,1H3. The highest BCUT2D eigenvalue weighted by Gasteiger charge is 2.51. The van der Waals surface area contributed by atoms with Crippen LogP contribution in [-0.2, 0) is 6.42 Å². The number of alkyl halides is 4. The molecule has 0 radical (unpaired) electrons. The summed E-state index contributed by atoms with van der Waals surface area (Å²) in [6.07, 6.45) is -0.933. The molecule has 0 amide bonds. The number of hydrogen-bond donors (Lipinski definition) is 0. The molecule has 0 heterocycles. The van der Waals surface area contributed by atoms with Crippen LogP contribution < -0.4 is 0 Å². The molecule has 1 rings (SSSR count). The van der Waals surface area contributed by atoms with Crippen molar-refractivity contribution in [1.29, 1.82) is 0 Å². The van der Waals surface area contributed by atoms with E-state index in [0.29, 0.717) is 0 Å². The third-order valence-corrected chi connectivity index (χ3v) is 1.91. The van der Waals surface area contributed by atoms with Gasteiger partial charge in [-0.15, -0.1) is 0 Å². The van der Waals surface area contributed by atoms with E-state index in [1.165, 1.54) is 12.1 Å². The molecule has 14 heavy (non-hydrogen) atoms. The average molecular weight is 206 g/mol. The first-order chi connectivity index (χ1) is 6.33. The van der Waals surface area contributed by atoms with Crippen molar-refractivity contribution < 1.29 is 17.6 Å². The van der Waals surface area contributed by atoms with Crippen LogP contribution in [0.3, 0.4) is 0 Å². The molecule has 0 saturated carbocycles. The van der Waals surface area contributed by atoms with E-state index >= 15 is 0 Å². The average Bonchev–Trinajstić information content (AvgIpc) is 2.03. The molecule has 0 spiro atoms. The normalized spacial score (nSPS) is 12.9. The van der Waals surface area contributed by atoms with Crippen LogP contribution in [0.5, 0.6) is 0 Å². The van der Waals surface area contributed by atoms with E-state index in [2.05, 4.69) is 0 Å². The van der Waals surface area contributed by atoms with Crippen LogP contribution in [-0.4, -0.2) is 11.8 Å². The zero-order valence-corrected chi connectivity index (χ0v) is 7.61. The Kier molecular flexibility index (Phi) is 2.83. The third-order valence-electron chi connectivity index (χ3n) is 1.91. The highest BCUT2D eigenvalue weighted by molar-refractivity contribution is 5.17. The van der Waals surface area contributed by atoms with Gasteiger partial charge in [-0.1, -0.05) is 30.3 Å². The third kappa shape index (κ3) is 2.47. The lowest BCUT2D eigenvalue weighted by Gasteiger charge is -2.22. The van der Waals surface area contributed by atoms with Gasteiger partial charge in [0.2, 0.25) is 0 Å². The predicted molar refractivity (Wildman–Crippen MR) is 45.7 cm³/mol. The lowest BCUT2D eigenvalue weighted by atomic mass is 10.0. The van der Waals surface area contributed by atoms with Gasteiger partial charge in [0.15, 0.2) is 0 Å². The molecule has 0 saturated heterocycles. The lowest BCUT2D eigenvalue weighted by molar-refractivity contribution is -0.196. The van der Waals surface area contributed by atoms with Crippen molar-refractivity contribution in [2.45, 2.75) is 25.2 Å². The van der Waals surface area contributed by atoms with Crippen LogP contribution in [0.25, 0.3) is 0 Å². The van der Waals surface area contributed by atoms with E-state index in [1.807, 2.05) is 0 Å². The second-order valence-corrected chi connectivity index (χ2v) is 3.26. The molecule has 0 aliphatic rings. The van der Waals surface area contributed by atoms with Gasteiger partial charge in [-0.3, -0.25) is 0 Å². The SMILES string of the molecule is CC(F)(F)C(F)(F)Cc1ccccc1. The van der Waals surface area contributed by atoms with Gasteiger partial charge < -0.3 is 0 Å². The van der Waals surface area contributed by atoms with Crippen LogP contribution in [0.2, 0.25) is 0 Å². The molecule has 0 aromatic heterocycles. The van der Waals surface area contributed by atoms with E-state index in [0.717, 1.165) is 0 Å². The fourth-order valence-corrected chi connectivity index (χ4v) is 1.01. The van der Waals surface area contributed by atoms with Crippen LogP contribution in [0.4, 0.5) is 17.6 Å². The second-order valence-electron chi connectivity index (χ2n) is 3.26. The molecule has 0 atom stereocenters. The molecule has 4 heteroatoms. The molecule has 0 aliphatic heterocycles. The van der Waals surface area contributed by atoms with Crippen molar-refractivity contribution >= 4 is 0 Å². The zero-order chi connectivity index (χ0) is 10.8. The molecule has 0 unspecified atom stereocenters. The van der Waals surface area contributed by atoms with Gasteiger partial charge in [0.05, 0.1) is 0 Å². The molecular weight excluding hydrogens is 196 g/mol. The van der Waals surface area contributed by atoms with Gasteiger partial charge in [-0.2, -0.15) is 8.78 Å². The number of halogens is 4. The minimum absolute atomic E-state index is 0.207. The Labute approximate surface area is 79.6 Å². The van der Waals surface area contributed by atoms with E-state index < -0.39 is 18.3 Å². The smallest absolute Gasteiger partial charge is 0.200 e. The van der Waals surface area contributed by atoms with Gasteiger partial charge in [0.1, 0.15) is 0 Å². The fraction of sp³-hybridized carbons (Fsp3) is 0.400. The largest absolute Gasteiger partial charge is 0.313 e. The van der Waals surface area contributed by atoms with Crippen molar-refractivity contribution in [2.75, 3.05) is 0 Å². The second kappa shape index (κ2) is 3.59.